The van der Waals surface area contributed by atoms with E-state index in [0.717, 1.165) is 36.8 Å². The standard InChI is InChI=1S/C15H24ClN3O/c1-10-11(2)13(19-18-12(10)16)17-9-15(20)7-5-14(3,4)6-8-15/h20H,5-9H2,1-4H3,(H,17,19). The lowest BCUT2D eigenvalue weighted by atomic mass is 9.71. The second-order valence-electron chi connectivity index (χ2n) is 6.83. The summed E-state index contributed by atoms with van der Waals surface area (Å²) in [4.78, 5) is 0. The molecule has 20 heavy (non-hydrogen) atoms. The van der Waals surface area contributed by atoms with Crippen molar-refractivity contribution >= 4 is 17.4 Å². The van der Waals surface area contributed by atoms with E-state index in [1.165, 1.54) is 0 Å². The smallest absolute Gasteiger partial charge is 0.155 e. The summed E-state index contributed by atoms with van der Waals surface area (Å²) in [6, 6.07) is 0. The van der Waals surface area contributed by atoms with Gasteiger partial charge < -0.3 is 10.4 Å². The van der Waals surface area contributed by atoms with Gasteiger partial charge in [0.1, 0.15) is 0 Å². The van der Waals surface area contributed by atoms with Gasteiger partial charge in [0.15, 0.2) is 11.0 Å². The van der Waals surface area contributed by atoms with Crippen molar-refractivity contribution < 1.29 is 5.11 Å². The maximum Gasteiger partial charge on any atom is 0.155 e. The molecule has 0 atom stereocenters. The predicted molar refractivity (Wildman–Crippen MR) is 82.2 cm³/mol. The van der Waals surface area contributed by atoms with E-state index < -0.39 is 5.60 Å². The van der Waals surface area contributed by atoms with Gasteiger partial charge in [-0.2, -0.15) is 0 Å². The summed E-state index contributed by atoms with van der Waals surface area (Å²) in [5.74, 6) is 0.713. The van der Waals surface area contributed by atoms with Gasteiger partial charge >= 0.3 is 0 Å². The highest BCUT2D eigenvalue weighted by Crippen LogP contribution is 2.40. The summed E-state index contributed by atoms with van der Waals surface area (Å²) in [6.45, 7) is 8.93. The maximum atomic E-state index is 10.6. The molecule has 1 aromatic rings. The molecule has 0 spiro atoms. The van der Waals surface area contributed by atoms with Crippen LogP contribution in [0.4, 0.5) is 5.82 Å². The van der Waals surface area contributed by atoms with Crippen LogP contribution in [0.3, 0.4) is 0 Å². The molecular weight excluding hydrogens is 274 g/mol. The Kier molecular flexibility index (Phi) is 4.26. The first-order valence-corrected chi connectivity index (χ1v) is 7.56. The van der Waals surface area contributed by atoms with E-state index in [9.17, 15) is 5.11 Å². The fraction of sp³-hybridized carbons (Fsp3) is 0.733. The van der Waals surface area contributed by atoms with Crippen LogP contribution in [-0.2, 0) is 0 Å². The fourth-order valence-electron chi connectivity index (χ4n) is 2.56. The van der Waals surface area contributed by atoms with Gasteiger partial charge in [0.25, 0.3) is 0 Å². The van der Waals surface area contributed by atoms with Crippen LogP contribution in [0.25, 0.3) is 0 Å². The number of nitrogens with zero attached hydrogens (tertiary/aromatic N) is 2. The van der Waals surface area contributed by atoms with Crippen molar-refractivity contribution in [3.05, 3.63) is 16.3 Å². The van der Waals surface area contributed by atoms with E-state index in [2.05, 4.69) is 29.4 Å². The molecule has 2 rings (SSSR count). The number of halogens is 1. The van der Waals surface area contributed by atoms with Gasteiger partial charge in [0, 0.05) is 6.54 Å². The van der Waals surface area contributed by atoms with E-state index in [0.29, 0.717) is 22.9 Å². The summed E-state index contributed by atoms with van der Waals surface area (Å²) in [5.41, 5.74) is 1.63. The monoisotopic (exact) mass is 297 g/mol. The fourth-order valence-corrected chi connectivity index (χ4v) is 2.74. The minimum atomic E-state index is -0.642. The molecule has 0 aliphatic heterocycles. The molecule has 1 fully saturated rings. The van der Waals surface area contributed by atoms with Crippen LogP contribution in [0.15, 0.2) is 0 Å². The molecule has 2 N–H and O–H groups in total. The van der Waals surface area contributed by atoms with Crippen LogP contribution < -0.4 is 5.32 Å². The van der Waals surface area contributed by atoms with Crippen LogP contribution in [0.1, 0.15) is 50.7 Å². The molecule has 4 nitrogen and oxygen atoms in total. The minimum absolute atomic E-state index is 0.346. The van der Waals surface area contributed by atoms with Crippen molar-refractivity contribution in [3.8, 4) is 0 Å². The minimum Gasteiger partial charge on any atom is -0.388 e. The summed E-state index contributed by atoms with van der Waals surface area (Å²) in [6.07, 6.45) is 3.75. The Labute approximate surface area is 125 Å². The quantitative estimate of drug-likeness (QED) is 0.896. The van der Waals surface area contributed by atoms with Crippen LogP contribution in [0.2, 0.25) is 5.15 Å². The van der Waals surface area contributed by atoms with E-state index >= 15 is 0 Å². The zero-order valence-corrected chi connectivity index (χ0v) is 13.5. The van der Waals surface area contributed by atoms with Crippen LogP contribution in [-0.4, -0.2) is 27.4 Å². The van der Waals surface area contributed by atoms with Gasteiger partial charge in [-0.25, -0.2) is 0 Å². The molecule has 0 radical (unpaired) electrons. The van der Waals surface area contributed by atoms with Crippen molar-refractivity contribution in [1.82, 2.24) is 10.2 Å². The molecule has 112 valence electrons. The lowest BCUT2D eigenvalue weighted by molar-refractivity contribution is -0.0146. The third-order valence-corrected chi connectivity index (χ3v) is 4.94. The Morgan fingerprint density at radius 3 is 2.30 bits per heavy atom. The lowest BCUT2D eigenvalue weighted by Crippen LogP contribution is -2.42. The van der Waals surface area contributed by atoms with Crippen LogP contribution in [0.5, 0.6) is 0 Å². The van der Waals surface area contributed by atoms with Crippen molar-refractivity contribution in [3.63, 3.8) is 0 Å². The van der Waals surface area contributed by atoms with E-state index in [1.54, 1.807) is 0 Å². The molecule has 0 unspecified atom stereocenters. The Bertz CT molecular complexity index is 492. The topological polar surface area (TPSA) is 58.0 Å². The normalized spacial score (nSPS) is 20.7. The van der Waals surface area contributed by atoms with Gasteiger partial charge in [-0.15, -0.1) is 10.2 Å². The number of rotatable bonds is 3. The Balaban J connectivity index is 2.01. The van der Waals surface area contributed by atoms with Crippen molar-refractivity contribution in [2.75, 3.05) is 11.9 Å². The molecule has 1 aliphatic carbocycles. The van der Waals surface area contributed by atoms with Gasteiger partial charge in [0.05, 0.1) is 5.60 Å². The van der Waals surface area contributed by atoms with E-state index in [-0.39, 0.29) is 0 Å². The predicted octanol–water partition coefficient (Wildman–Crippen LogP) is 3.49. The molecule has 0 amide bonds. The van der Waals surface area contributed by atoms with Crippen LogP contribution >= 0.6 is 11.6 Å². The Hall–Kier alpha value is -0.870. The van der Waals surface area contributed by atoms with E-state index in [4.69, 9.17) is 11.6 Å². The first kappa shape index (κ1) is 15.5. The number of anilines is 1. The number of aromatic nitrogens is 2. The number of aliphatic hydroxyl groups is 1. The molecule has 5 heteroatoms. The lowest BCUT2D eigenvalue weighted by Gasteiger charge is -2.40. The summed E-state index contributed by atoms with van der Waals surface area (Å²) >= 11 is 5.94. The highest BCUT2D eigenvalue weighted by molar-refractivity contribution is 6.30. The van der Waals surface area contributed by atoms with Crippen LogP contribution in [0, 0.1) is 19.3 Å². The summed E-state index contributed by atoms with van der Waals surface area (Å²) in [7, 11) is 0. The molecule has 0 aromatic carbocycles. The summed E-state index contributed by atoms with van der Waals surface area (Å²) < 4.78 is 0. The number of hydrogen-bond donors (Lipinski definition) is 2. The zero-order valence-electron chi connectivity index (χ0n) is 12.8. The Morgan fingerprint density at radius 1 is 1.10 bits per heavy atom. The highest BCUT2D eigenvalue weighted by Gasteiger charge is 2.36. The third-order valence-electron chi connectivity index (χ3n) is 4.58. The van der Waals surface area contributed by atoms with Crippen molar-refractivity contribution in [2.24, 2.45) is 5.41 Å². The zero-order chi connectivity index (χ0) is 15.0. The number of nitrogens with one attached hydrogen (secondary N) is 1. The van der Waals surface area contributed by atoms with E-state index in [1.807, 2.05) is 13.8 Å². The van der Waals surface area contributed by atoms with Gasteiger partial charge in [-0.1, -0.05) is 25.4 Å². The molecule has 1 aliphatic rings. The van der Waals surface area contributed by atoms with Gasteiger partial charge in [-0.3, -0.25) is 0 Å². The first-order chi connectivity index (χ1) is 9.22. The SMILES string of the molecule is Cc1c(Cl)nnc(NCC2(O)CCC(C)(C)CC2)c1C. The molecule has 1 aromatic heterocycles. The molecule has 1 heterocycles. The largest absolute Gasteiger partial charge is 0.388 e. The third kappa shape index (κ3) is 3.41. The van der Waals surface area contributed by atoms with Crippen molar-refractivity contribution in [2.45, 2.75) is 59.0 Å². The average molecular weight is 298 g/mol. The average Bonchev–Trinajstić information content (AvgIpc) is 2.40. The van der Waals surface area contributed by atoms with Crippen molar-refractivity contribution in [1.29, 1.82) is 0 Å². The number of hydrogen-bond acceptors (Lipinski definition) is 4. The molecular formula is C15H24ClN3O. The molecule has 0 saturated heterocycles. The second kappa shape index (κ2) is 5.49. The summed E-state index contributed by atoms with van der Waals surface area (Å²) in [5, 5.41) is 22.3. The maximum absolute atomic E-state index is 10.6. The highest BCUT2D eigenvalue weighted by atomic mass is 35.5. The Morgan fingerprint density at radius 2 is 1.70 bits per heavy atom. The molecule has 0 bridgehead atoms. The van der Waals surface area contributed by atoms with Gasteiger partial charge in [-0.05, 0) is 56.1 Å². The molecule has 1 saturated carbocycles. The second-order valence-corrected chi connectivity index (χ2v) is 7.19. The van der Waals surface area contributed by atoms with Gasteiger partial charge in [0.2, 0.25) is 0 Å². The first-order valence-electron chi connectivity index (χ1n) is 7.18.